The summed E-state index contributed by atoms with van der Waals surface area (Å²) in [5.41, 5.74) is 0. The largest absolute Gasteiger partial charge is 0.309 e. The van der Waals surface area contributed by atoms with Crippen molar-refractivity contribution in [1.29, 1.82) is 0 Å². The highest BCUT2D eigenvalue weighted by atomic mass is 127. The summed E-state index contributed by atoms with van der Waals surface area (Å²) >= 11 is 2.08. The average molecular weight is 243 g/mol. The molecule has 0 radical (unpaired) electrons. The lowest BCUT2D eigenvalue weighted by Crippen LogP contribution is -2.24. The zero-order chi connectivity index (χ0) is 7.28. The van der Waals surface area contributed by atoms with Gasteiger partial charge in [0.1, 0.15) is 0 Å². The predicted octanol–water partition coefficient (Wildman–Crippen LogP) is 0.464. The topological polar surface area (TPSA) is 32.5 Å². The Morgan fingerprint density at radius 1 is 1.33 bits per heavy atom. The second kappa shape index (κ2) is 5.40. The molecule has 0 aromatic rings. The van der Waals surface area contributed by atoms with Gasteiger partial charge >= 0.3 is 0 Å². The molecule has 0 atom stereocenters. The van der Waals surface area contributed by atoms with Crippen LogP contribution < -0.4 is 5.84 Å². The Morgan fingerprint density at radius 2 is 1.89 bits per heavy atom. The molecule has 0 unspecified atom stereocenters. The quantitative estimate of drug-likeness (QED) is 0.337. The molecule has 56 valence electrons. The number of nitrogens with two attached hydrogens (primary N) is 1. The van der Waals surface area contributed by atoms with E-state index in [4.69, 9.17) is 5.84 Å². The van der Waals surface area contributed by atoms with Gasteiger partial charge < -0.3 is 4.90 Å². The van der Waals surface area contributed by atoms with Crippen molar-refractivity contribution in [2.75, 3.05) is 27.2 Å². The number of rotatable bonds is 4. The second-order valence-corrected chi connectivity index (χ2v) is 3.52. The molecule has 0 saturated heterocycles. The maximum absolute atomic E-state index is 5.38. The van der Waals surface area contributed by atoms with Crippen LogP contribution in [0.5, 0.6) is 0 Å². The lowest BCUT2D eigenvalue weighted by molar-refractivity contribution is 0.377. The van der Waals surface area contributed by atoms with Gasteiger partial charge in [-0.15, -0.1) is 0 Å². The van der Waals surface area contributed by atoms with Gasteiger partial charge in [-0.3, -0.25) is 5.84 Å². The first-order valence-corrected chi connectivity index (χ1v) is 3.92. The van der Waals surface area contributed by atoms with Crippen LogP contribution >= 0.6 is 22.9 Å². The van der Waals surface area contributed by atoms with E-state index in [1.54, 1.807) is 3.22 Å². The summed E-state index contributed by atoms with van der Waals surface area (Å²) in [5, 5.41) is 0. The summed E-state index contributed by atoms with van der Waals surface area (Å²) in [5.74, 6) is 5.38. The molecule has 0 aliphatic rings. The molecule has 0 fully saturated rings. The van der Waals surface area contributed by atoms with Crippen molar-refractivity contribution < 1.29 is 0 Å². The Bertz CT molecular complexity index is 57.2. The standard InChI is InChI=1S/C5H14IN3/c1-8(2)4-3-5-9(6)7/h3-5,7H2,1-2H3. The molecule has 0 aromatic carbocycles. The van der Waals surface area contributed by atoms with Crippen molar-refractivity contribution in [3.8, 4) is 0 Å². The SMILES string of the molecule is CN(C)CCCN(N)I. The Labute approximate surface area is 70.6 Å². The first-order chi connectivity index (χ1) is 4.13. The fourth-order valence-electron chi connectivity index (χ4n) is 0.538. The van der Waals surface area contributed by atoms with Gasteiger partial charge in [-0.2, -0.15) is 3.22 Å². The van der Waals surface area contributed by atoms with Crippen LogP contribution in [0.2, 0.25) is 0 Å². The van der Waals surface area contributed by atoms with Crippen molar-refractivity contribution in [3.05, 3.63) is 0 Å². The predicted molar refractivity (Wildman–Crippen MR) is 48.1 cm³/mol. The molecule has 0 amide bonds. The third-order valence-electron chi connectivity index (χ3n) is 0.977. The van der Waals surface area contributed by atoms with Crippen LogP contribution in [-0.2, 0) is 0 Å². The van der Waals surface area contributed by atoms with Crippen molar-refractivity contribution in [1.82, 2.24) is 8.12 Å². The van der Waals surface area contributed by atoms with Crippen LogP contribution in [0, 0.1) is 0 Å². The summed E-state index contributed by atoms with van der Waals surface area (Å²) < 4.78 is 1.68. The van der Waals surface area contributed by atoms with E-state index in [0.717, 1.165) is 19.5 Å². The van der Waals surface area contributed by atoms with Gasteiger partial charge in [0, 0.05) is 29.4 Å². The van der Waals surface area contributed by atoms with Gasteiger partial charge in [-0.25, -0.2) is 0 Å². The molecule has 0 bridgehead atoms. The molecule has 9 heavy (non-hydrogen) atoms. The third kappa shape index (κ3) is 8.61. The van der Waals surface area contributed by atoms with Gasteiger partial charge in [-0.1, -0.05) is 0 Å². The van der Waals surface area contributed by atoms with Gasteiger partial charge in [0.05, 0.1) is 0 Å². The molecule has 2 N–H and O–H groups in total. The fourth-order valence-corrected chi connectivity index (χ4v) is 0.879. The maximum Gasteiger partial charge on any atom is 0.0364 e. The molecule has 0 saturated carbocycles. The van der Waals surface area contributed by atoms with Crippen LogP contribution in [0.15, 0.2) is 0 Å². The van der Waals surface area contributed by atoms with Gasteiger partial charge in [0.25, 0.3) is 0 Å². The fraction of sp³-hybridized carbons (Fsp3) is 1.00. The number of halogens is 1. The van der Waals surface area contributed by atoms with Crippen molar-refractivity contribution in [2.24, 2.45) is 5.84 Å². The molecular weight excluding hydrogens is 229 g/mol. The molecule has 3 nitrogen and oxygen atoms in total. The molecule has 0 heterocycles. The van der Waals surface area contributed by atoms with E-state index in [1.165, 1.54) is 0 Å². The summed E-state index contributed by atoms with van der Waals surface area (Å²) in [6, 6.07) is 0. The lowest BCUT2D eigenvalue weighted by atomic mass is 10.4. The summed E-state index contributed by atoms with van der Waals surface area (Å²) in [6.07, 6.45) is 1.13. The minimum atomic E-state index is 0.957. The number of nitrogens with zero attached hydrogens (tertiary/aromatic N) is 2. The monoisotopic (exact) mass is 243 g/mol. The van der Waals surface area contributed by atoms with Crippen molar-refractivity contribution in [2.45, 2.75) is 6.42 Å². The number of hydrogen-bond donors (Lipinski definition) is 1. The molecule has 4 heteroatoms. The number of hydrogen-bond acceptors (Lipinski definition) is 3. The molecular formula is C5H14IN3. The van der Waals surface area contributed by atoms with E-state index in [1.807, 2.05) is 0 Å². The normalized spacial score (nSPS) is 11.3. The summed E-state index contributed by atoms with van der Waals surface area (Å²) in [6.45, 7) is 2.06. The third-order valence-corrected chi connectivity index (χ3v) is 1.46. The van der Waals surface area contributed by atoms with E-state index in [-0.39, 0.29) is 0 Å². The second-order valence-electron chi connectivity index (χ2n) is 2.28. The van der Waals surface area contributed by atoms with E-state index in [9.17, 15) is 0 Å². The van der Waals surface area contributed by atoms with Gasteiger partial charge in [-0.05, 0) is 27.1 Å². The Hall–Kier alpha value is 0.610. The summed E-state index contributed by atoms with van der Waals surface area (Å²) in [7, 11) is 4.13. The van der Waals surface area contributed by atoms with E-state index in [2.05, 4.69) is 41.9 Å². The van der Waals surface area contributed by atoms with E-state index >= 15 is 0 Å². The highest BCUT2D eigenvalue weighted by molar-refractivity contribution is 14.1. The Kier molecular flexibility index (Phi) is 5.77. The molecule has 0 aliphatic heterocycles. The van der Waals surface area contributed by atoms with Gasteiger partial charge in [0.2, 0.25) is 0 Å². The highest BCUT2D eigenvalue weighted by Gasteiger charge is 1.92. The van der Waals surface area contributed by atoms with E-state index < -0.39 is 0 Å². The van der Waals surface area contributed by atoms with Crippen molar-refractivity contribution >= 4 is 22.9 Å². The van der Waals surface area contributed by atoms with Crippen LogP contribution in [0.3, 0.4) is 0 Å². The average Bonchev–Trinajstić information content (AvgIpc) is 1.63. The lowest BCUT2D eigenvalue weighted by Gasteiger charge is -2.10. The molecule has 0 rings (SSSR count). The minimum Gasteiger partial charge on any atom is -0.309 e. The van der Waals surface area contributed by atoms with Crippen LogP contribution in [-0.4, -0.2) is 35.3 Å². The van der Waals surface area contributed by atoms with Crippen molar-refractivity contribution in [3.63, 3.8) is 0 Å². The minimum absolute atomic E-state index is 0.957. The molecule has 0 aromatic heterocycles. The summed E-state index contributed by atoms with van der Waals surface area (Å²) in [4.78, 5) is 2.15. The maximum atomic E-state index is 5.38. The zero-order valence-electron chi connectivity index (χ0n) is 5.97. The molecule has 0 spiro atoms. The molecule has 0 aliphatic carbocycles. The van der Waals surface area contributed by atoms with Crippen LogP contribution in [0.4, 0.5) is 0 Å². The number of hydrazine groups is 1. The Morgan fingerprint density at radius 3 is 2.22 bits per heavy atom. The highest BCUT2D eigenvalue weighted by Crippen LogP contribution is 1.91. The van der Waals surface area contributed by atoms with Gasteiger partial charge in [0.15, 0.2) is 0 Å². The van der Waals surface area contributed by atoms with Crippen LogP contribution in [0.1, 0.15) is 6.42 Å². The van der Waals surface area contributed by atoms with Crippen LogP contribution in [0.25, 0.3) is 0 Å². The first kappa shape index (κ1) is 9.61. The van der Waals surface area contributed by atoms with E-state index in [0.29, 0.717) is 0 Å². The zero-order valence-corrected chi connectivity index (χ0v) is 8.13. The first-order valence-electron chi connectivity index (χ1n) is 2.95. The Balaban J connectivity index is 2.91. The smallest absolute Gasteiger partial charge is 0.0364 e.